The number of rotatable bonds is 2. The van der Waals surface area contributed by atoms with E-state index < -0.39 is 0 Å². The molecule has 0 radical (unpaired) electrons. The number of nitrogens with zero attached hydrogens (tertiary/aromatic N) is 1. The lowest BCUT2D eigenvalue weighted by atomic mass is 9.98. The summed E-state index contributed by atoms with van der Waals surface area (Å²) < 4.78 is 0. The molecule has 21 heavy (non-hydrogen) atoms. The van der Waals surface area contributed by atoms with Crippen molar-refractivity contribution in [3.05, 3.63) is 83.4 Å². The topological polar surface area (TPSA) is 23.8 Å². The van der Waals surface area contributed by atoms with Gasteiger partial charge in [-0.1, -0.05) is 54.6 Å². The third-order valence-corrected chi connectivity index (χ3v) is 4.48. The minimum absolute atomic E-state index is 0.601. The summed E-state index contributed by atoms with van der Waals surface area (Å²) in [5, 5.41) is 11.6. The van der Waals surface area contributed by atoms with Crippen LogP contribution >= 0.6 is 0 Å². The van der Waals surface area contributed by atoms with Crippen molar-refractivity contribution in [2.75, 3.05) is 0 Å². The maximum absolute atomic E-state index is 8.88. The highest BCUT2D eigenvalue weighted by Gasteiger charge is 2.40. The molecular weight excluding hydrogens is 254 g/mol. The van der Waals surface area contributed by atoms with Crippen LogP contribution in [-0.2, 0) is 0 Å². The first-order chi connectivity index (χ1) is 10.4. The molecule has 0 N–H and O–H groups in total. The first kappa shape index (κ1) is 12.2. The van der Waals surface area contributed by atoms with Crippen LogP contribution in [0.25, 0.3) is 10.8 Å². The smallest absolute Gasteiger partial charge is 0.0991 e. The predicted octanol–water partition coefficient (Wildman–Crippen LogP) is 4.98. The lowest BCUT2D eigenvalue weighted by molar-refractivity contribution is 1.04. The van der Waals surface area contributed by atoms with E-state index in [9.17, 15) is 0 Å². The minimum atomic E-state index is 0.601. The van der Waals surface area contributed by atoms with Crippen molar-refractivity contribution in [3.8, 4) is 6.07 Å². The summed E-state index contributed by atoms with van der Waals surface area (Å²) in [5.74, 6) is 1.22. The second kappa shape index (κ2) is 4.75. The Balaban J connectivity index is 1.68. The van der Waals surface area contributed by atoms with Gasteiger partial charge in [0.1, 0.15) is 0 Å². The fourth-order valence-corrected chi connectivity index (χ4v) is 3.29. The Kier molecular flexibility index (Phi) is 2.75. The molecular formula is C20H15N. The van der Waals surface area contributed by atoms with Gasteiger partial charge in [0.15, 0.2) is 0 Å². The van der Waals surface area contributed by atoms with Gasteiger partial charge in [-0.2, -0.15) is 5.26 Å². The van der Waals surface area contributed by atoms with Gasteiger partial charge in [-0.15, -0.1) is 0 Å². The average molecular weight is 269 g/mol. The Bertz CT molecular complexity index is 834. The van der Waals surface area contributed by atoms with Crippen LogP contribution in [0.2, 0.25) is 0 Å². The maximum atomic E-state index is 8.88. The molecule has 2 atom stereocenters. The highest BCUT2D eigenvalue weighted by atomic mass is 14.4. The number of benzene rings is 3. The Morgan fingerprint density at radius 1 is 0.810 bits per heavy atom. The summed E-state index contributed by atoms with van der Waals surface area (Å²) in [4.78, 5) is 0. The quantitative estimate of drug-likeness (QED) is 0.643. The van der Waals surface area contributed by atoms with Gasteiger partial charge < -0.3 is 0 Å². The zero-order chi connectivity index (χ0) is 14.2. The van der Waals surface area contributed by atoms with Crippen LogP contribution in [0.4, 0.5) is 0 Å². The maximum Gasteiger partial charge on any atom is 0.0991 e. The molecule has 1 heteroatoms. The summed E-state index contributed by atoms with van der Waals surface area (Å²) in [6.45, 7) is 0. The van der Waals surface area contributed by atoms with Gasteiger partial charge in [-0.3, -0.25) is 0 Å². The Morgan fingerprint density at radius 2 is 1.57 bits per heavy atom. The van der Waals surface area contributed by atoms with Crippen LogP contribution in [0.15, 0.2) is 66.7 Å². The molecule has 1 saturated carbocycles. The summed E-state index contributed by atoms with van der Waals surface area (Å²) in [6, 6.07) is 25.4. The van der Waals surface area contributed by atoms with Gasteiger partial charge in [0.05, 0.1) is 11.6 Å². The standard InChI is InChI=1S/C20H15N/c21-13-14-8-10-16(11-9-14)19-12-20(19)18-7-3-5-15-4-1-2-6-17(15)18/h1-11,19-20H,12H2/t19-,20-/m1/s1. The Morgan fingerprint density at radius 3 is 2.38 bits per heavy atom. The Labute approximate surface area is 124 Å². The molecule has 1 fully saturated rings. The molecule has 1 aliphatic carbocycles. The lowest BCUT2D eigenvalue weighted by Gasteiger charge is -2.06. The second-order valence-corrected chi connectivity index (χ2v) is 5.75. The van der Waals surface area contributed by atoms with Gasteiger partial charge in [-0.25, -0.2) is 0 Å². The first-order valence-electron chi connectivity index (χ1n) is 7.34. The van der Waals surface area contributed by atoms with E-state index in [1.165, 1.54) is 28.3 Å². The molecule has 0 bridgehead atoms. The molecule has 4 rings (SSSR count). The van der Waals surface area contributed by atoms with Crippen LogP contribution in [0.1, 0.15) is 34.9 Å². The fourth-order valence-electron chi connectivity index (χ4n) is 3.29. The minimum Gasteiger partial charge on any atom is -0.192 e. The van der Waals surface area contributed by atoms with Gasteiger partial charge >= 0.3 is 0 Å². The monoisotopic (exact) mass is 269 g/mol. The van der Waals surface area contributed by atoms with Gasteiger partial charge in [0.25, 0.3) is 0 Å². The van der Waals surface area contributed by atoms with E-state index in [1.807, 2.05) is 12.1 Å². The van der Waals surface area contributed by atoms with Crippen LogP contribution in [-0.4, -0.2) is 0 Å². The summed E-state index contributed by atoms with van der Waals surface area (Å²) in [7, 11) is 0. The SMILES string of the molecule is N#Cc1ccc([C@H]2C[C@@H]2c2cccc3ccccc23)cc1. The molecule has 0 aromatic heterocycles. The van der Waals surface area contributed by atoms with Gasteiger partial charge in [0.2, 0.25) is 0 Å². The van der Waals surface area contributed by atoms with Gasteiger partial charge in [-0.05, 0) is 52.3 Å². The van der Waals surface area contributed by atoms with Crippen LogP contribution in [0.3, 0.4) is 0 Å². The van der Waals surface area contributed by atoms with E-state index in [1.54, 1.807) is 0 Å². The van der Waals surface area contributed by atoms with Crippen molar-refractivity contribution in [3.63, 3.8) is 0 Å². The number of fused-ring (bicyclic) bond motifs is 1. The van der Waals surface area contributed by atoms with Crippen molar-refractivity contribution >= 4 is 10.8 Å². The molecule has 0 saturated heterocycles. The van der Waals surface area contributed by atoms with Crippen molar-refractivity contribution < 1.29 is 0 Å². The van der Waals surface area contributed by atoms with Crippen LogP contribution < -0.4 is 0 Å². The van der Waals surface area contributed by atoms with Crippen LogP contribution in [0, 0.1) is 11.3 Å². The van der Waals surface area contributed by atoms with Gasteiger partial charge in [0, 0.05) is 0 Å². The van der Waals surface area contributed by atoms with Crippen molar-refractivity contribution in [2.45, 2.75) is 18.3 Å². The molecule has 0 amide bonds. The third kappa shape index (κ3) is 2.10. The van der Waals surface area contributed by atoms with E-state index in [2.05, 4.69) is 60.7 Å². The van der Waals surface area contributed by atoms with E-state index in [4.69, 9.17) is 5.26 Å². The van der Waals surface area contributed by atoms with Crippen LogP contribution in [0.5, 0.6) is 0 Å². The van der Waals surface area contributed by atoms with Crippen molar-refractivity contribution in [1.29, 1.82) is 5.26 Å². The molecule has 3 aromatic carbocycles. The number of hydrogen-bond donors (Lipinski definition) is 0. The highest BCUT2D eigenvalue weighted by molar-refractivity contribution is 5.86. The summed E-state index contributed by atoms with van der Waals surface area (Å²) >= 11 is 0. The van der Waals surface area contributed by atoms with Crippen molar-refractivity contribution in [2.24, 2.45) is 0 Å². The fraction of sp³-hybridized carbons (Fsp3) is 0.150. The van der Waals surface area contributed by atoms with Crippen molar-refractivity contribution in [1.82, 2.24) is 0 Å². The molecule has 0 heterocycles. The predicted molar refractivity (Wildman–Crippen MR) is 85.2 cm³/mol. The van der Waals surface area contributed by atoms with E-state index >= 15 is 0 Å². The normalized spacial score (nSPS) is 20.1. The number of nitriles is 1. The second-order valence-electron chi connectivity index (χ2n) is 5.75. The van der Waals surface area contributed by atoms with E-state index in [0.29, 0.717) is 11.8 Å². The molecule has 1 aliphatic rings. The molecule has 0 unspecified atom stereocenters. The zero-order valence-electron chi connectivity index (χ0n) is 11.7. The third-order valence-electron chi connectivity index (χ3n) is 4.48. The molecule has 3 aromatic rings. The largest absolute Gasteiger partial charge is 0.192 e. The Hall–Kier alpha value is -2.59. The first-order valence-corrected chi connectivity index (χ1v) is 7.34. The molecule has 0 aliphatic heterocycles. The molecule has 1 nitrogen and oxygen atoms in total. The zero-order valence-corrected chi connectivity index (χ0v) is 11.7. The molecule has 0 spiro atoms. The highest BCUT2D eigenvalue weighted by Crippen LogP contribution is 2.55. The molecule has 100 valence electrons. The van der Waals surface area contributed by atoms with E-state index in [0.717, 1.165) is 5.56 Å². The summed E-state index contributed by atoms with van der Waals surface area (Å²) in [6.07, 6.45) is 1.21. The lowest BCUT2D eigenvalue weighted by Crippen LogP contribution is -1.87. The number of hydrogen-bond acceptors (Lipinski definition) is 1. The van der Waals surface area contributed by atoms with E-state index in [-0.39, 0.29) is 0 Å². The summed E-state index contributed by atoms with van der Waals surface area (Å²) in [5.41, 5.74) is 3.55. The average Bonchev–Trinajstić information content (AvgIpc) is 3.35.